The molecule has 0 saturated carbocycles. The number of carbonyl (C=O) groups excluding carboxylic acids is 2. The van der Waals surface area contributed by atoms with E-state index in [2.05, 4.69) is 11.8 Å². The second kappa shape index (κ2) is 5.68. The predicted molar refractivity (Wildman–Crippen MR) is 73.3 cm³/mol. The first-order valence-electron chi connectivity index (χ1n) is 6.26. The number of hydrogen-bond donors (Lipinski definition) is 1. The van der Waals surface area contributed by atoms with Gasteiger partial charge in [0.1, 0.15) is 0 Å². The molecule has 0 unspecified atom stereocenters. The number of carbonyl (C=O) groups is 2. The molecule has 0 radical (unpaired) electrons. The summed E-state index contributed by atoms with van der Waals surface area (Å²) < 4.78 is 0. The fourth-order valence-corrected chi connectivity index (χ4v) is 2.12. The molecule has 1 aliphatic heterocycles. The Bertz CT molecular complexity index is 534. The fourth-order valence-electron chi connectivity index (χ4n) is 2.12. The van der Waals surface area contributed by atoms with Crippen molar-refractivity contribution in [1.29, 1.82) is 0 Å². The van der Waals surface area contributed by atoms with E-state index in [9.17, 15) is 9.59 Å². The monoisotopic (exact) mass is 256 g/mol. The van der Waals surface area contributed by atoms with Crippen LogP contribution in [-0.4, -0.2) is 18.4 Å². The number of benzene rings is 1. The van der Waals surface area contributed by atoms with Gasteiger partial charge < -0.3 is 5.73 Å². The van der Waals surface area contributed by atoms with Gasteiger partial charge in [-0.15, -0.1) is 0 Å². The van der Waals surface area contributed by atoms with Crippen molar-refractivity contribution in [3.05, 3.63) is 29.8 Å². The maximum absolute atomic E-state index is 11.9. The van der Waals surface area contributed by atoms with E-state index in [0.717, 1.165) is 5.56 Å². The van der Waals surface area contributed by atoms with Crippen LogP contribution >= 0.6 is 0 Å². The molecule has 2 N–H and O–H groups in total. The number of amides is 2. The number of hydrogen-bond acceptors (Lipinski definition) is 3. The van der Waals surface area contributed by atoms with Crippen LogP contribution in [0.15, 0.2) is 24.3 Å². The van der Waals surface area contributed by atoms with Gasteiger partial charge in [0.25, 0.3) is 0 Å². The molecule has 0 aliphatic carbocycles. The predicted octanol–water partition coefficient (Wildman–Crippen LogP) is 1.29. The summed E-state index contributed by atoms with van der Waals surface area (Å²) in [5.74, 6) is 5.52. The molecule has 1 aliphatic rings. The SMILES string of the molecule is CC1CC(=O)N(c2ccc(C#CCN)cc2)C(=O)C1. The van der Waals surface area contributed by atoms with Crippen LogP contribution in [0, 0.1) is 17.8 Å². The second-order valence-electron chi connectivity index (χ2n) is 4.69. The van der Waals surface area contributed by atoms with Crippen LogP contribution < -0.4 is 10.6 Å². The van der Waals surface area contributed by atoms with E-state index >= 15 is 0 Å². The van der Waals surface area contributed by atoms with Crippen molar-refractivity contribution in [3.8, 4) is 11.8 Å². The minimum absolute atomic E-state index is 0.131. The lowest BCUT2D eigenvalue weighted by Crippen LogP contribution is -2.42. The molecule has 0 spiro atoms. The summed E-state index contributed by atoms with van der Waals surface area (Å²) in [5, 5.41) is 0. The standard InChI is InChI=1S/C15H16N2O2/c1-11-9-14(18)17(15(19)10-11)13-6-4-12(5-7-13)3-2-8-16/h4-7,11H,8-10,16H2,1H3. The lowest BCUT2D eigenvalue weighted by molar-refractivity contribution is -0.130. The number of nitrogens with zero attached hydrogens (tertiary/aromatic N) is 1. The molecule has 2 rings (SSSR count). The van der Waals surface area contributed by atoms with Gasteiger partial charge >= 0.3 is 0 Å². The topological polar surface area (TPSA) is 63.4 Å². The third kappa shape index (κ3) is 3.01. The van der Waals surface area contributed by atoms with Gasteiger partial charge in [-0.2, -0.15) is 0 Å². The number of imide groups is 1. The maximum atomic E-state index is 11.9. The van der Waals surface area contributed by atoms with Crippen LogP contribution in [0.25, 0.3) is 0 Å². The van der Waals surface area contributed by atoms with Crippen LogP contribution in [0.3, 0.4) is 0 Å². The van der Waals surface area contributed by atoms with Crippen molar-refractivity contribution >= 4 is 17.5 Å². The largest absolute Gasteiger partial charge is 0.320 e. The highest BCUT2D eigenvalue weighted by atomic mass is 16.2. The highest BCUT2D eigenvalue weighted by Crippen LogP contribution is 2.25. The van der Waals surface area contributed by atoms with E-state index in [-0.39, 0.29) is 17.7 Å². The van der Waals surface area contributed by atoms with E-state index in [4.69, 9.17) is 5.73 Å². The Kier molecular flexibility index (Phi) is 3.98. The smallest absolute Gasteiger partial charge is 0.234 e. The van der Waals surface area contributed by atoms with E-state index < -0.39 is 0 Å². The highest BCUT2D eigenvalue weighted by Gasteiger charge is 2.31. The van der Waals surface area contributed by atoms with Crippen molar-refractivity contribution < 1.29 is 9.59 Å². The Hall–Kier alpha value is -2.12. The molecule has 0 bridgehead atoms. The lowest BCUT2D eigenvalue weighted by Gasteiger charge is -2.28. The molecule has 4 nitrogen and oxygen atoms in total. The zero-order valence-electron chi connectivity index (χ0n) is 10.8. The normalized spacial score (nSPS) is 16.2. The summed E-state index contributed by atoms with van der Waals surface area (Å²) in [7, 11) is 0. The first kappa shape index (κ1) is 13.3. The summed E-state index contributed by atoms with van der Waals surface area (Å²) in [4.78, 5) is 25.1. The molecule has 0 aromatic heterocycles. The molecule has 1 heterocycles. The number of rotatable bonds is 1. The molecule has 4 heteroatoms. The van der Waals surface area contributed by atoms with Gasteiger partial charge in [0.2, 0.25) is 11.8 Å². The Morgan fingerprint density at radius 1 is 1.21 bits per heavy atom. The van der Waals surface area contributed by atoms with Gasteiger partial charge in [0.05, 0.1) is 12.2 Å². The first-order valence-corrected chi connectivity index (χ1v) is 6.26. The van der Waals surface area contributed by atoms with E-state index in [1.54, 1.807) is 24.3 Å². The average Bonchev–Trinajstić information content (AvgIpc) is 2.36. The van der Waals surface area contributed by atoms with Gasteiger partial charge in [0.15, 0.2) is 0 Å². The summed E-state index contributed by atoms with van der Waals surface area (Å²) in [6.45, 7) is 2.22. The van der Waals surface area contributed by atoms with Gasteiger partial charge in [-0.3, -0.25) is 14.5 Å². The summed E-state index contributed by atoms with van der Waals surface area (Å²) in [6, 6.07) is 7.06. The maximum Gasteiger partial charge on any atom is 0.234 e. The van der Waals surface area contributed by atoms with E-state index in [1.807, 2.05) is 6.92 Å². The molecule has 1 fully saturated rings. The fraction of sp³-hybridized carbons (Fsp3) is 0.333. The molecule has 98 valence electrons. The highest BCUT2D eigenvalue weighted by molar-refractivity contribution is 6.16. The lowest BCUT2D eigenvalue weighted by atomic mass is 9.97. The second-order valence-corrected chi connectivity index (χ2v) is 4.69. The third-order valence-electron chi connectivity index (χ3n) is 3.01. The quantitative estimate of drug-likeness (QED) is 0.608. The Balaban J connectivity index is 2.22. The average molecular weight is 256 g/mol. The number of piperidine rings is 1. The van der Waals surface area contributed by atoms with Crippen molar-refractivity contribution in [2.24, 2.45) is 11.7 Å². The van der Waals surface area contributed by atoms with Crippen LogP contribution in [0.4, 0.5) is 5.69 Å². The van der Waals surface area contributed by atoms with E-state index in [1.165, 1.54) is 4.90 Å². The molecule has 1 saturated heterocycles. The summed E-state index contributed by atoms with van der Waals surface area (Å²) >= 11 is 0. The van der Waals surface area contributed by atoms with Crippen LogP contribution in [0.2, 0.25) is 0 Å². The van der Waals surface area contributed by atoms with Gasteiger partial charge in [-0.25, -0.2) is 0 Å². The molecular weight excluding hydrogens is 240 g/mol. The van der Waals surface area contributed by atoms with Gasteiger partial charge in [-0.05, 0) is 30.2 Å². The van der Waals surface area contributed by atoms with Crippen molar-refractivity contribution in [2.75, 3.05) is 11.4 Å². The first-order chi connectivity index (χ1) is 9.11. The van der Waals surface area contributed by atoms with E-state index in [0.29, 0.717) is 25.1 Å². The molecule has 19 heavy (non-hydrogen) atoms. The Labute approximate surface area is 112 Å². The minimum Gasteiger partial charge on any atom is -0.320 e. The van der Waals surface area contributed by atoms with Crippen molar-refractivity contribution in [1.82, 2.24) is 0 Å². The van der Waals surface area contributed by atoms with Crippen LogP contribution in [0.5, 0.6) is 0 Å². The summed E-state index contributed by atoms with van der Waals surface area (Å²) in [5.41, 5.74) is 6.73. The zero-order valence-corrected chi connectivity index (χ0v) is 10.8. The molecular formula is C15H16N2O2. The molecule has 1 aromatic rings. The summed E-state index contributed by atoms with van der Waals surface area (Å²) in [6.07, 6.45) is 0.834. The molecule has 0 atom stereocenters. The molecule has 2 amide bonds. The van der Waals surface area contributed by atoms with Crippen molar-refractivity contribution in [3.63, 3.8) is 0 Å². The number of anilines is 1. The van der Waals surface area contributed by atoms with Crippen LogP contribution in [-0.2, 0) is 9.59 Å². The third-order valence-corrected chi connectivity index (χ3v) is 3.01. The van der Waals surface area contributed by atoms with Crippen molar-refractivity contribution in [2.45, 2.75) is 19.8 Å². The van der Waals surface area contributed by atoms with Crippen LogP contribution in [0.1, 0.15) is 25.3 Å². The van der Waals surface area contributed by atoms with Gasteiger partial charge in [-0.1, -0.05) is 18.8 Å². The van der Waals surface area contributed by atoms with Gasteiger partial charge in [0, 0.05) is 18.4 Å². The Morgan fingerprint density at radius 3 is 2.32 bits per heavy atom. The molecule has 1 aromatic carbocycles. The Morgan fingerprint density at radius 2 is 1.79 bits per heavy atom. The number of nitrogens with two attached hydrogens (primary N) is 1. The minimum atomic E-state index is -0.135. The zero-order chi connectivity index (χ0) is 13.8.